The molecule has 10 heteroatoms. The van der Waals surface area contributed by atoms with E-state index in [0.717, 1.165) is 16.5 Å². The molecule has 0 aliphatic heterocycles. The minimum atomic E-state index is -1.16. The number of benzene rings is 1. The van der Waals surface area contributed by atoms with Crippen LogP contribution in [0.3, 0.4) is 0 Å². The molecule has 0 spiro atoms. The molecule has 1 unspecified atom stereocenters. The van der Waals surface area contributed by atoms with Crippen LogP contribution >= 0.6 is 0 Å². The van der Waals surface area contributed by atoms with Crippen LogP contribution in [0.25, 0.3) is 10.9 Å². The number of hydrogen-bond donors (Lipinski definition) is 3. The number of carboxylic acids is 1. The van der Waals surface area contributed by atoms with Crippen LogP contribution in [0.4, 0.5) is 0 Å². The van der Waals surface area contributed by atoms with E-state index < -0.39 is 17.9 Å². The molecule has 0 fully saturated rings. The van der Waals surface area contributed by atoms with E-state index in [9.17, 15) is 19.5 Å². The number of nitrogens with one attached hydrogen (secondary N) is 2. The molecule has 0 radical (unpaired) electrons. The highest BCUT2D eigenvalue weighted by Gasteiger charge is 2.24. The smallest absolute Gasteiger partial charge is 0.326 e. The van der Waals surface area contributed by atoms with E-state index in [1.807, 2.05) is 24.3 Å². The molecule has 0 saturated heterocycles. The summed E-state index contributed by atoms with van der Waals surface area (Å²) in [6, 6.07) is 6.38. The number of aromatic nitrogens is 4. The molecule has 0 bridgehead atoms. The molecule has 3 aromatic rings. The SMILES string of the molecule is CN(C)C(=O)Cn1cc(C(=O)NC(Cc2c[nH]c3ccccc23)C(=O)O)nn1. The molecule has 146 valence electrons. The lowest BCUT2D eigenvalue weighted by Crippen LogP contribution is -2.42. The van der Waals surface area contributed by atoms with Crippen LogP contribution in [0.15, 0.2) is 36.7 Å². The quantitative estimate of drug-likeness (QED) is 0.536. The summed E-state index contributed by atoms with van der Waals surface area (Å²) in [4.78, 5) is 40.2. The third-order valence-corrected chi connectivity index (χ3v) is 4.27. The number of H-pyrrole nitrogens is 1. The van der Waals surface area contributed by atoms with Gasteiger partial charge in [0.1, 0.15) is 12.6 Å². The fourth-order valence-corrected chi connectivity index (χ4v) is 2.71. The van der Waals surface area contributed by atoms with Crippen molar-refractivity contribution in [3.63, 3.8) is 0 Å². The van der Waals surface area contributed by atoms with E-state index in [2.05, 4.69) is 20.6 Å². The highest BCUT2D eigenvalue weighted by atomic mass is 16.4. The van der Waals surface area contributed by atoms with Crippen LogP contribution in [-0.4, -0.2) is 67.9 Å². The third-order valence-electron chi connectivity index (χ3n) is 4.27. The molecule has 2 amide bonds. The Hall–Kier alpha value is -3.69. The zero-order valence-corrected chi connectivity index (χ0v) is 15.4. The predicted molar refractivity (Wildman–Crippen MR) is 99.6 cm³/mol. The second-order valence-electron chi connectivity index (χ2n) is 6.52. The molecule has 0 saturated carbocycles. The minimum Gasteiger partial charge on any atom is -0.480 e. The van der Waals surface area contributed by atoms with Gasteiger partial charge >= 0.3 is 5.97 Å². The molecule has 3 rings (SSSR count). The summed E-state index contributed by atoms with van der Waals surface area (Å²) in [5.41, 5.74) is 1.61. The van der Waals surface area contributed by atoms with Crippen molar-refractivity contribution >= 4 is 28.7 Å². The molecule has 2 heterocycles. The number of carbonyl (C=O) groups is 3. The largest absolute Gasteiger partial charge is 0.480 e. The van der Waals surface area contributed by atoms with Gasteiger partial charge in [-0.1, -0.05) is 23.4 Å². The average Bonchev–Trinajstić information content (AvgIpc) is 3.28. The zero-order chi connectivity index (χ0) is 20.3. The number of para-hydroxylation sites is 1. The summed E-state index contributed by atoms with van der Waals surface area (Å²) in [7, 11) is 3.21. The third kappa shape index (κ3) is 4.17. The molecule has 28 heavy (non-hydrogen) atoms. The molecule has 0 aliphatic rings. The van der Waals surface area contributed by atoms with E-state index >= 15 is 0 Å². The van der Waals surface area contributed by atoms with Gasteiger partial charge in [0.2, 0.25) is 5.91 Å². The van der Waals surface area contributed by atoms with E-state index in [4.69, 9.17) is 0 Å². The minimum absolute atomic E-state index is 0.0586. The number of aliphatic carboxylic acids is 1. The van der Waals surface area contributed by atoms with Crippen molar-refractivity contribution in [2.45, 2.75) is 19.0 Å². The molecular weight excluding hydrogens is 364 g/mol. The topological polar surface area (TPSA) is 133 Å². The van der Waals surface area contributed by atoms with Gasteiger partial charge in [-0.2, -0.15) is 0 Å². The van der Waals surface area contributed by atoms with Gasteiger partial charge in [0.05, 0.1) is 6.20 Å². The van der Waals surface area contributed by atoms with Gasteiger partial charge in [0.25, 0.3) is 5.91 Å². The van der Waals surface area contributed by atoms with Crippen molar-refractivity contribution < 1.29 is 19.5 Å². The number of carbonyl (C=O) groups excluding carboxylic acids is 2. The number of amides is 2. The molecule has 3 N–H and O–H groups in total. The first kappa shape index (κ1) is 19.1. The second-order valence-corrected chi connectivity index (χ2v) is 6.52. The van der Waals surface area contributed by atoms with Crippen molar-refractivity contribution in [3.8, 4) is 0 Å². The Labute approximate surface area is 160 Å². The zero-order valence-electron chi connectivity index (χ0n) is 15.4. The highest BCUT2D eigenvalue weighted by Crippen LogP contribution is 2.19. The van der Waals surface area contributed by atoms with E-state index in [-0.39, 0.29) is 24.6 Å². The summed E-state index contributed by atoms with van der Waals surface area (Å²) in [6.07, 6.45) is 3.15. The number of rotatable bonds is 7. The van der Waals surface area contributed by atoms with E-state index in [1.165, 1.54) is 15.8 Å². The summed E-state index contributed by atoms with van der Waals surface area (Å²) < 4.78 is 1.23. The molecular formula is C18H20N6O4. The lowest BCUT2D eigenvalue weighted by Gasteiger charge is -2.13. The Balaban J connectivity index is 1.70. The van der Waals surface area contributed by atoms with Gasteiger partial charge < -0.3 is 20.3 Å². The lowest BCUT2D eigenvalue weighted by atomic mass is 10.0. The first-order chi connectivity index (χ1) is 13.3. The van der Waals surface area contributed by atoms with Gasteiger partial charge in [0.15, 0.2) is 5.69 Å². The van der Waals surface area contributed by atoms with Crippen molar-refractivity contribution in [1.29, 1.82) is 0 Å². The van der Waals surface area contributed by atoms with Crippen LogP contribution in [0.2, 0.25) is 0 Å². The first-order valence-electron chi connectivity index (χ1n) is 8.54. The fourth-order valence-electron chi connectivity index (χ4n) is 2.71. The van der Waals surface area contributed by atoms with Crippen molar-refractivity contribution in [3.05, 3.63) is 47.9 Å². The summed E-state index contributed by atoms with van der Waals surface area (Å²) in [6.45, 7) is -0.0645. The maximum Gasteiger partial charge on any atom is 0.326 e. The van der Waals surface area contributed by atoms with Gasteiger partial charge in [-0.25, -0.2) is 9.48 Å². The number of nitrogens with zero attached hydrogens (tertiary/aromatic N) is 4. The highest BCUT2D eigenvalue weighted by molar-refractivity contribution is 5.95. The number of aromatic amines is 1. The van der Waals surface area contributed by atoms with Gasteiger partial charge in [-0.3, -0.25) is 9.59 Å². The van der Waals surface area contributed by atoms with Crippen molar-refractivity contribution in [1.82, 2.24) is 30.2 Å². The Morgan fingerprint density at radius 3 is 2.75 bits per heavy atom. The predicted octanol–water partition coefficient (Wildman–Crippen LogP) is 0.273. The first-order valence-corrected chi connectivity index (χ1v) is 8.54. The van der Waals surface area contributed by atoms with Crippen molar-refractivity contribution in [2.24, 2.45) is 0 Å². The standard InChI is InChI=1S/C18H20N6O4/c1-23(2)16(25)10-24-9-15(21-22-24)17(26)20-14(18(27)28)7-11-8-19-13-6-4-3-5-12(11)13/h3-6,8-9,14,19H,7,10H2,1-2H3,(H,20,26)(H,27,28). The molecule has 1 atom stereocenters. The molecule has 1 aromatic carbocycles. The number of likely N-dealkylation sites (N-methyl/N-ethyl adjacent to an activating group) is 1. The van der Waals surface area contributed by atoms with Crippen molar-refractivity contribution in [2.75, 3.05) is 14.1 Å². The Morgan fingerprint density at radius 2 is 2.04 bits per heavy atom. The Morgan fingerprint density at radius 1 is 1.29 bits per heavy atom. The van der Waals surface area contributed by atoms with E-state index in [0.29, 0.717) is 0 Å². The van der Waals surface area contributed by atoms with Crippen LogP contribution in [-0.2, 0) is 22.6 Å². The second kappa shape index (κ2) is 7.91. The van der Waals surface area contributed by atoms with Crippen LogP contribution in [0.1, 0.15) is 16.1 Å². The monoisotopic (exact) mass is 384 g/mol. The molecule has 0 aliphatic carbocycles. The molecule has 10 nitrogen and oxygen atoms in total. The Bertz CT molecular complexity index is 1020. The molecule has 2 aromatic heterocycles. The summed E-state index contributed by atoms with van der Waals surface area (Å²) in [5, 5.41) is 20.3. The van der Waals surface area contributed by atoms with Gasteiger partial charge in [-0.05, 0) is 11.6 Å². The maximum absolute atomic E-state index is 12.4. The number of fused-ring (bicyclic) bond motifs is 1. The van der Waals surface area contributed by atoms with Crippen LogP contribution < -0.4 is 5.32 Å². The van der Waals surface area contributed by atoms with E-state index in [1.54, 1.807) is 20.3 Å². The van der Waals surface area contributed by atoms with Gasteiger partial charge in [0, 0.05) is 37.6 Å². The van der Waals surface area contributed by atoms with Crippen LogP contribution in [0.5, 0.6) is 0 Å². The summed E-state index contributed by atoms with van der Waals surface area (Å²) in [5.74, 6) is -2.04. The lowest BCUT2D eigenvalue weighted by molar-refractivity contribution is -0.139. The van der Waals surface area contributed by atoms with Crippen LogP contribution in [0, 0.1) is 0 Å². The Kier molecular flexibility index (Phi) is 5.39. The number of hydrogen-bond acceptors (Lipinski definition) is 5. The fraction of sp³-hybridized carbons (Fsp3) is 0.278. The number of carboxylic acid groups (broad SMARTS) is 1. The van der Waals surface area contributed by atoms with Gasteiger partial charge in [-0.15, -0.1) is 5.10 Å². The normalized spacial score (nSPS) is 11.9. The maximum atomic E-state index is 12.4. The average molecular weight is 384 g/mol. The summed E-state index contributed by atoms with van der Waals surface area (Å²) >= 11 is 0.